The zero-order valence-corrected chi connectivity index (χ0v) is 17.5. The SMILES string of the molecule is CNC(=O)c1ccc(N2CCN(Cc3c(F)cc4nc(C)c(=O)[nH]c4c3F)CC2)c(F)n1. The van der Waals surface area contributed by atoms with Crippen molar-refractivity contribution >= 4 is 22.6 Å². The zero-order chi connectivity index (χ0) is 23.0. The summed E-state index contributed by atoms with van der Waals surface area (Å²) in [6.45, 7) is 3.13. The second kappa shape index (κ2) is 8.58. The lowest BCUT2D eigenvalue weighted by Crippen LogP contribution is -2.46. The normalized spacial score (nSPS) is 14.7. The lowest BCUT2D eigenvalue weighted by molar-refractivity contribution is 0.0957. The third-order valence-electron chi connectivity index (χ3n) is 5.53. The van der Waals surface area contributed by atoms with Crippen LogP contribution >= 0.6 is 0 Å². The van der Waals surface area contributed by atoms with Crippen LogP contribution in [0.2, 0.25) is 0 Å². The Morgan fingerprint density at radius 3 is 2.53 bits per heavy atom. The van der Waals surface area contributed by atoms with Gasteiger partial charge in [0.1, 0.15) is 22.7 Å². The van der Waals surface area contributed by atoms with E-state index in [1.54, 1.807) is 4.90 Å². The van der Waals surface area contributed by atoms with Crippen molar-refractivity contribution in [1.29, 1.82) is 0 Å². The van der Waals surface area contributed by atoms with Gasteiger partial charge in [-0.1, -0.05) is 0 Å². The second-order valence-electron chi connectivity index (χ2n) is 7.55. The van der Waals surface area contributed by atoms with Gasteiger partial charge in [-0.15, -0.1) is 0 Å². The van der Waals surface area contributed by atoms with Crippen molar-refractivity contribution in [2.24, 2.45) is 0 Å². The van der Waals surface area contributed by atoms with Crippen LogP contribution in [0.4, 0.5) is 18.9 Å². The largest absolute Gasteiger partial charge is 0.365 e. The van der Waals surface area contributed by atoms with Crippen molar-refractivity contribution in [3.63, 3.8) is 0 Å². The minimum atomic E-state index is -0.841. The van der Waals surface area contributed by atoms with Gasteiger partial charge in [-0.25, -0.2) is 18.7 Å². The fourth-order valence-electron chi connectivity index (χ4n) is 3.72. The Bertz CT molecular complexity index is 1250. The van der Waals surface area contributed by atoms with Crippen LogP contribution in [0.1, 0.15) is 21.7 Å². The zero-order valence-electron chi connectivity index (χ0n) is 17.5. The maximum absolute atomic E-state index is 14.9. The molecular formula is C21H21F3N6O2. The molecule has 8 nitrogen and oxygen atoms in total. The number of halogens is 3. The maximum Gasteiger partial charge on any atom is 0.269 e. The van der Waals surface area contributed by atoms with Crippen molar-refractivity contribution in [2.45, 2.75) is 13.5 Å². The molecule has 11 heteroatoms. The smallest absolute Gasteiger partial charge is 0.269 e. The molecule has 1 amide bonds. The molecule has 0 radical (unpaired) electrons. The quantitative estimate of drug-likeness (QED) is 0.593. The van der Waals surface area contributed by atoms with E-state index in [4.69, 9.17) is 0 Å². The van der Waals surface area contributed by atoms with Gasteiger partial charge < -0.3 is 15.2 Å². The third-order valence-corrected chi connectivity index (χ3v) is 5.53. The number of piperazine rings is 1. The summed E-state index contributed by atoms with van der Waals surface area (Å²) in [6, 6.07) is 4.05. The third kappa shape index (κ3) is 4.03. The van der Waals surface area contributed by atoms with Crippen LogP contribution < -0.4 is 15.8 Å². The Morgan fingerprint density at radius 2 is 1.88 bits per heavy atom. The number of nitrogens with one attached hydrogen (secondary N) is 2. The molecule has 1 saturated heterocycles. The van der Waals surface area contributed by atoms with Crippen molar-refractivity contribution < 1.29 is 18.0 Å². The minimum Gasteiger partial charge on any atom is -0.365 e. The molecule has 1 fully saturated rings. The fraction of sp³-hybridized carbons (Fsp3) is 0.333. The van der Waals surface area contributed by atoms with Crippen molar-refractivity contribution in [3.05, 3.63) is 63.1 Å². The topological polar surface area (TPSA) is 94.2 Å². The molecule has 1 aliphatic heterocycles. The van der Waals surface area contributed by atoms with Crippen LogP contribution in [0.15, 0.2) is 23.0 Å². The van der Waals surface area contributed by atoms with Gasteiger partial charge in [-0.05, 0) is 19.1 Å². The summed E-state index contributed by atoms with van der Waals surface area (Å²) in [5.41, 5.74) is -0.383. The Morgan fingerprint density at radius 1 is 1.16 bits per heavy atom. The Balaban J connectivity index is 1.49. The van der Waals surface area contributed by atoms with Crippen molar-refractivity contribution in [1.82, 2.24) is 25.2 Å². The highest BCUT2D eigenvalue weighted by Crippen LogP contribution is 2.24. The highest BCUT2D eigenvalue weighted by Gasteiger charge is 2.24. The molecule has 0 spiro atoms. The number of aryl methyl sites for hydroxylation is 1. The molecule has 1 aromatic carbocycles. The van der Waals surface area contributed by atoms with Gasteiger partial charge in [0.2, 0.25) is 5.95 Å². The Hall–Kier alpha value is -3.47. The van der Waals surface area contributed by atoms with E-state index in [9.17, 15) is 22.8 Å². The summed E-state index contributed by atoms with van der Waals surface area (Å²) >= 11 is 0. The van der Waals surface area contributed by atoms with Crippen LogP contribution in [0.25, 0.3) is 11.0 Å². The van der Waals surface area contributed by atoms with Gasteiger partial charge in [0.05, 0.1) is 11.2 Å². The van der Waals surface area contributed by atoms with Crippen LogP contribution in [0.3, 0.4) is 0 Å². The van der Waals surface area contributed by atoms with Gasteiger partial charge in [0.15, 0.2) is 5.82 Å². The molecule has 2 N–H and O–H groups in total. The molecule has 2 aromatic heterocycles. The van der Waals surface area contributed by atoms with Crippen LogP contribution in [0.5, 0.6) is 0 Å². The number of H-pyrrole nitrogens is 1. The second-order valence-corrected chi connectivity index (χ2v) is 7.55. The average molecular weight is 446 g/mol. The lowest BCUT2D eigenvalue weighted by Gasteiger charge is -2.36. The van der Waals surface area contributed by atoms with Crippen LogP contribution in [-0.2, 0) is 6.54 Å². The van der Waals surface area contributed by atoms with Gasteiger partial charge in [0, 0.05) is 51.4 Å². The maximum atomic E-state index is 14.9. The summed E-state index contributed by atoms with van der Waals surface area (Å²) in [6.07, 6.45) is 0. The molecule has 0 bridgehead atoms. The molecular weight excluding hydrogens is 425 g/mol. The summed E-state index contributed by atoms with van der Waals surface area (Å²) in [5, 5.41) is 2.39. The predicted molar refractivity (Wildman–Crippen MR) is 112 cm³/mol. The average Bonchev–Trinajstić information content (AvgIpc) is 2.78. The molecule has 168 valence electrons. The molecule has 0 aliphatic carbocycles. The van der Waals surface area contributed by atoms with Crippen molar-refractivity contribution in [3.8, 4) is 0 Å². The molecule has 3 heterocycles. The first-order chi connectivity index (χ1) is 15.3. The van der Waals surface area contributed by atoms with Gasteiger partial charge in [-0.3, -0.25) is 14.5 Å². The Labute approximate surface area is 181 Å². The first kappa shape index (κ1) is 21.8. The molecule has 0 saturated carbocycles. The van der Waals surface area contributed by atoms with E-state index in [-0.39, 0.29) is 40.2 Å². The highest BCUT2D eigenvalue weighted by molar-refractivity contribution is 5.92. The number of pyridine rings is 1. The minimum absolute atomic E-state index is 0.00626. The Kier molecular flexibility index (Phi) is 5.83. The van der Waals surface area contributed by atoms with Crippen LogP contribution in [0, 0.1) is 24.5 Å². The molecule has 1 aliphatic rings. The van der Waals surface area contributed by atoms with E-state index in [1.807, 2.05) is 4.90 Å². The monoisotopic (exact) mass is 446 g/mol. The number of carbonyl (C=O) groups is 1. The number of fused-ring (bicyclic) bond motifs is 1. The number of anilines is 1. The molecule has 0 atom stereocenters. The summed E-state index contributed by atoms with van der Waals surface area (Å²) in [4.78, 5) is 37.1. The first-order valence-electron chi connectivity index (χ1n) is 10.0. The number of carbonyl (C=O) groups excluding carboxylic acids is 1. The number of aromatic amines is 1. The van der Waals surface area contributed by atoms with Gasteiger partial charge >= 0.3 is 0 Å². The van der Waals surface area contributed by atoms with E-state index >= 15 is 0 Å². The van der Waals surface area contributed by atoms with E-state index < -0.39 is 29.0 Å². The summed E-state index contributed by atoms with van der Waals surface area (Å²) in [7, 11) is 1.44. The summed E-state index contributed by atoms with van der Waals surface area (Å²) in [5.74, 6) is -2.81. The van der Waals surface area contributed by atoms with E-state index in [2.05, 4.69) is 20.3 Å². The summed E-state index contributed by atoms with van der Waals surface area (Å²) < 4.78 is 44.0. The highest BCUT2D eigenvalue weighted by atomic mass is 19.1. The number of hydrogen-bond donors (Lipinski definition) is 2. The molecule has 32 heavy (non-hydrogen) atoms. The molecule has 0 unspecified atom stereocenters. The number of aromatic nitrogens is 3. The first-order valence-corrected chi connectivity index (χ1v) is 10.0. The number of nitrogens with zero attached hydrogens (tertiary/aromatic N) is 4. The van der Waals surface area contributed by atoms with Gasteiger partial charge in [0.25, 0.3) is 11.5 Å². The number of benzene rings is 1. The van der Waals surface area contributed by atoms with Gasteiger partial charge in [-0.2, -0.15) is 4.39 Å². The van der Waals surface area contributed by atoms with E-state index in [1.165, 1.54) is 26.1 Å². The molecule has 3 aromatic rings. The van der Waals surface area contributed by atoms with Crippen LogP contribution in [-0.4, -0.2) is 59.0 Å². The lowest BCUT2D eigenvalue weighted by atomic mass is 10.1. The van der Waals surface area contributed by atoms with E-state index in [0.717, 1.165) is 6.07 Å². The van der Waals surface area contributed by atoms with Crippen molar-refractivity contribution in [2.75, 3.05) is 38.1 Å². The number of hydrogen-bond acceptors (Lipinski definition) is 6. The fourth-order valence-corrected chi connectivity index (χ4v) is 3.72. The number of amides is 1. The standard InChI is InChI=1S/C21H21F3N6O2/c1-11-20(31)28-18-15(26-11)9-13(22)12(17(18)23)10-29-5-7-30(8-6-29)16-4-3-14(21(32)25-2)27-19(16)24/h3-4,9H,5-8,10H2,1-2H3,(H,25,32)(H,28,31). The van der Waals surface area contributed by atoms with E-state index in [0.29, 0.717) is 26.2 Å². The predicted octanol–water partition coefficient (Wildman–Crippen LogP) is 1.73. The molecule has 4 rings (SSSR count). The number of rotatable bonds is 4.